The Kier molecular flexibility index (Phi) is 3.69. The zero-order valence-corrected chi connectivity index (χ0v) is 9.93. The summed E-state index contributed by atoms with van der Waals surface area (Å²) in [6, 6.07) is 5.15. The van der Waals surface area contributed by atoms with E-state index >= 15 is 0 Å². The van der Waals surface area contributed by atoms with Gasteiger partial charge in [-0.05, 0) is 30.3 Å². The van der Waals surface area contributed by atoms with Gasteiger partial charge in [-0.1, -0.05) is 0 Å². The minimum absolute atomic E-state index is 0.119. The zero-order valence-electron chi connectivity index (χ0n) is 9.93. The zero-order chi connectivity index (χ0) is 14.7. The van der Waals surface area contributed by atoms with Crippen LogP contribution in [0.4, 0.5) is 14.5 Å². The number of nitrogens with one attached hydrogen (secondary N) is 1. The van der Waals surface area contributed by atoms with Gasteiger partial charge in [-0.3, -0.25) is 4.79 Å². The fourth-order valence-corrected chi connectivity index (χ4v) is 1.45. The molecule has 0 atom stereocenters. The molecule has 0 saturated heterocycles. The molecule has 0 unspecified atom stereocenters. The van der Waals surface area contributed by atoms with Crippen LogP contribution in [0.15, 0.2) is 36.5 Å². The molecule has 102 valence electrons. The van der Waals surface area contributed by atoms with Gasteiger partial charge in [0.2, 0.25) is 0 Å². The van der Waals surface area contributed by atoms with E-state index < -0.39 is 23.5 Å². The number of carbonyl (C=O) groups is 2. The molecule has 0 bridgehead atoms. The summed E-state index contributed by atoms with van der Waals surface area (Å²) in [5, 5.41) is 11.0. The van der Waals surface area contributed by atoms with Crippen molar-refractivity contribution in [3.63, 3.8) is 0 Å². The third kappa shape index (κ3) is 2.94. The van der Waals surface area contributed by atoms with Crippen molar-refractivity contribution in [3.8, 4) is 0 Å². The van der Waals surface area contributed by atoms with Crippen LogP contribution < -0.4 is 5.32 Å². The second kappa shape index (κ2) is 5.43. The van der Waals surface area contributed by atoms with Crippen molar-refractivity contribution in [1.29, 1.82) is 0 Å². The lowest BCUT2D eigenvalue weighted by Gasteiger charge is -2.06. The number of nitrogens with zero attached hydrogens (tertiary/aromatic N) is 1. The van der Waals surface area contributed by atoms with Crippen molar-refractivity contribution in [3.05, 3.63) is 59.4 Å². The van der Waals surface area contributed by atoms with Crippen LogP contribution in [-0.4, -0.2) is 22.0 Å². The molecule has 1 aromatic carbocycles. The number of benzene rings is 1. The number of hydrogen-bond acceptors (Lipinski definition) is 3. The number of halogens is 2. The minimum atomic E-state index is -1.25. The monoisotopic (exact) mass is 278 g/mol. The highest BCUT2D eigenvalue weighted by Crippen LogP contribution is 2.17. The fraction of sp³-hybridized carbons (Fsp3) is 0. The van der Waals surface area contributed by atoms with Crippen LogP contribution in [0.2, 0.25) is 0 Å². The molecule has 0 aliphatic rings. The van der Waals surface area contributed by atoms with Gasteiger partial charge in [0.1, 0.15) is 17.3 Å². The molecule has 0 aliphatic carbocycles. The summed E-state index contributed by atoms with van der Waals surface area (Å²) in [6.45, 7) is 0. The van der Waals surface area contributed by atoms with Crippen LogP contribution in [0.25, 0.3) is 0 Å². The molecule has 1 amide bonds. The van der Waals surface area contributed by atoms with Crippen molar-refractivity contribution in [2.24, 2.45) is 0 Å². The summed E-state index contributed by atoms with van der Waals surface area (Å²) in [6.07, 6.45) is 0.846. The van der Waals surface area contributed by atoms with Crippen LogP contribution in [0.1, 0.15) is 20.8 Å². The molecular weight excluding hydrogens is 270 g/mol. The summed E-state index contributed by atoms with van der Waals surface area (Å²) in [4.78, 5) is 26.1. The molecule has 1 aromatic heterocycles. The molecule has 0 spiro atoms. The Morgan fingerprint density at radius 3 is 2.50 bits per heavy atom. The van der Waals surface area contributed by atoms with Crippen molar-refractivity contribution in [1.82, 2.24) is 4.98 Å². The summed E-state index contributed by atoms with van der Waals surface area (Å²) < 4.78 is 26.1. The summed E-state index contributed by atoms with van der Waals surface area (Å²) in [5.74, 6) is -3.42. The third-order valence-corrected chi connectivity index (χ3v) is 2.42. The van der Waals surface area contributed by atoms with Gasteiger partial charge in [-0.25, -0.2) is 18.6 Å². The average molecular weight is 278 g/mol. The van der Waals surface area contributed by atoms with E-state index in [0.29, 0.717) is 0 Å². The van der Waals surface area contributed by atoms with Crippen LogP contribution in [0.3, 0.4) is 0 Å². The molecule has 2 aromatic rings. The summed E-state index contributed by atoms with van der Waals surface area (Å²) in [7, 11) is 0. The van der Waals surface area contributed by atoms with E-state index in [9.17, 15) is 18.4 Å². The van der Waals surface area contributed by atoms with Gasteiger partial charge in [0.15, 0.2) is 0 Å². The second-order valence-corrected chi connectivity index (χ2v) is 3.82. The van der Waals surface area contributed by atoms with Gasteiger partial charge in [0.25, 0.3) is 5.91 Å². The number of amides is 1. The molecule has 2 N–H and O–H groups in total. The van der Waals surface area contributed by atoms with E-state index in [1.54, 1.807) is 0 Å². The van der Waals surface area contributed by atoms with Crippen LogP contribution in [-0.2, 0) is 0 Å². The predicted octanol–water partition coefficient (Wildman–Crippen LogP) is 2.31. The number of rotatable bonds is 3. The maximum absolute atomic E-state index is 13.5. The SMILES string of the molecule is O=C(O)c1ccc(F)c(NC(=O)c2ccc(F)cn2)c1. The lowest BCUT2D eigenvalue weighted by Crippen LogP contribution is -2.15. The van der Waals surface area contributed by atoms with Crippen molar-refractivity contribution in [2.45, 2.75) is 0 Å². The Morgan fingerprint density at radius 1 is 1.15 bits per heavy atom. The molecule has 1 heterocycles. The minimum Gasteiger partial charge on any atom is -0.478 e. The number of aromatic nitrogens is 1. The number of aromatic carboxylic acids is 1. The molecule has 2 rings (SSSR count). The van der Waals surface area contributed by atoms with Gasteiger partial charge >= 0.3 is 5.97 Å². The number of carboxylic acids is 1. The predicted molar refractivity (Wildman–Crippen MR) is 65.5 cm³/mol. The van der Waals surface area contributed by atoms with E-state index in [0.717, 1.165) is 36.5 Å². The summed E-state index contributed by atoms with van der Waals surface area (Å²) in [5.41, 5.74) is -0.582. The van der Waals surface area contributed by atoms with Crippen LogP contribution in [0.5, 0.6) is 0 Å². The smallest absolute Gasteiger partial charge is 0.335 e. The standard InChI is InChI=1S/C13H8F2N2O3/c14-8-2-4-10(16-6-8)12(18)17-11-5-7(13(19)20)1-3-9(11)15/h1-6H,(H,17,18)(H,19,20). The highest BCUT2D eigenvalue weighted by atomic mass is 19.1. The van der Waals surface area contributed by atoms with Crippen molar-refractivity contribution < 1.29 is 23.5 Å². The molecule has 0 aliphatic heterocycles. The van der Waals surface area contributed by atoms with E-state index in [4.69, 9.17) is 5.11 Å². The third-order valence-electron chi connectivity index (χ3n) is 2.42. The maximum atomic E-state index is 13.5. The number of carbonyl (C=O) groups excluding carboxylic acids is 1. The first kappa shape index (κ1) is 13.6. The van der Waals surface area contributed by atoms with Gasteiger partial charge < -0.3 is 10.4 Å². The van der Waals surface area contributed by atoms with Crippen molar-refractivity contribution in [2.75, 3.05) is 5.32 Å². The molecule has 0 radical (unpaired) electrons. The van der Waals surface area contributed by atoms with Gasteiger partial charge in [-0.2, -0.15) is 0 Å². The van der Waals surface area contributed by atoms with Crippen LogP contribution >= 0.6 is 0 Å². The first-order valence-corrected chi connectivity index (χ1v) is 5.43. The quantitative estimate of drug-likeness (QED) is 0.903. The fourth-order valence-electron chi connectivity index (χ4n) is 1.45. The van der Waals surface area contributed by atoms with E-state index in [-0.39, 0.29) is 16.9 Å². The van der Waals surface area contributed by atoms with Gasteiger partial charge in [-0.15, -0.1) is 0 Å². The Balaban J connectivity index is 2.25. The average Bonchev–Trinajstić information content (AvgIpc) is 2.41. The van der Waals surface area contributed by atoms with Gasteiger partial charge in [0, 0.05) is 0 Å². The maximum Gasteiger partial charge on any atom is 0.335 e. The van der Waals surface area contributed by atoms with E-state index in [2.05, 4.69) is 10.3 Å². The second-order valence-electron chi connectivity index (χ2n) is 3.82. The first-order valence-electron chi connectivity index (χ1n) is 5.43. The highest BCUT2D eigenvalue weighted by molar-refractivity contribution is 6.03. The van der Waals surface area contributed by atoms with Gasteiger partial charge in [0.05, 0.1) is 17.4 Å². The Bertz CT molecular complexity index is 672. The lowest BCUT2D eigenvalue weighted by molar-refractivity contribution is 0.0696. The number of anilines is 1. The molecule has 20 heavy (non-hydrogen) atoms. The molecule has 7 heteroatoms. The first-order chi connectivity index (χ1) is 9.47. The highest BCUT2D eigenvalue weighted by Gasteiger charge is 2.13. The normalized spacial score (nSPS) is 10.1. The molecule has 0 saturated carbocycles. The Morgan fingerprint density at radius 2 is 1.90 bits per heavy atom. The van der Waals surface area contributed by atoms with Crippen LogP contribution in [0, 0.1) is 11.6 Å². The topological polar surface area (TPSA) is 79.3 Å². The largest absolute Gasteiger partial charge is 0.478 e. The number of pyridine rings is 1. The van der Waals surface area contributed by atoms with E-state index in [1.807, 2.05) is 0 Å². The molecule has 5 nitrogen and oxygen atoms in total. The summed E-state index contributed by atoms with van der Waals surface area (Å²) >= 11 is 0. The van der Waals surface area contributed by atoms with E-state index in [1.165, 1.54) is 0 Å². The number of hydrogen-bond donors (Lipinski definition) is 2. The van der Waals surface area contributed by atoms with Crippen molar-refractivity contribution >= 4 is 17.6 Å². The molecular formula is C13H8F2N2O3. The Hall–Kier alpha value is -2.83. The number of carboxylic acid groups (broad SMARTS) is 1. The Labute approximate surface area is 111 Å². The lowest BCUT2D eigenvalue weighted by atomic mass is 10.2. The molecule has 0 fully saturated rings.